The Bertz CT molecular complexity index is 556. The molecule has 0 saturated heterocycles. The largest absolute Gasteiger partial charge is 0.526 e. The van der Waals surface area contributed by atoms with Crippen LogP contribution in [-0.2, 0) is 29.3 Å². The SMILES string of the molecule is CCO[P+](Cc1ccccc1)(OCC)OS(=O)(=O)C(F)(F)F. The topological polar surface area (TPSA) is 61.8 Å². The monoisotopic (exact) mass is 361 g/mol. The summed E-state index contributed by atoms with van der Waals surface area (Å²) in [6.07, 6.45) is -0.204. The van der Waals surface area contributed by atoms with Crippen LogP contribution in [0.2, 0.25) is 0 Å². The Morgan fingerprint density at radius 1 is 1.05 bits per heavy atom. The summed E-state index contributed by atoms with van der Waals surface area (Å²) in [5, 5.41) is 0. The van der Waals surface area contributed by atoms with Gasteiger partial charge in [0, 0.05) is 0 Å². The summed E-state index contributed by atoms with van der Waals surface area (Å²) in [5.41, 5.74) is -4.99. The van der Waals surface area contributed by atoms with E-state index in [9.17, 15) is 21.6 Å². The van der Waals surface area contributed by atoms with Gasteiger partial charge in [-0.25, -0.2) is 0 Å². The maximum atomic E-state index is 12.6. The van der Waals surface area contributed by atoms with Crippen LogP contribution < -0.4 is 0 Å². The van der Waals surface area contributed by atoms with Crippen molar-refractivity contribution < 1.29 is 34.6 Å². The zero-order chi connectivity index (χ0) is 16.9. The first-order chi connectivity index (χ1) is 10.2. The molecule has 10 heteroatoms. The lowest BCUT2D eigenvalue weighted by Gasteiger charge is -2.21. The van der Waals surface area contributed by atoms with Crippen molar-refractivity contribution in [2.24, 2.45) is 0 Å². The minimum Gasteiger partial charge on any atom is -0.186 e. The van der Waals surface area contributed by atoms with Crippen molar-refractivity contribution in [1.29, 1.82) is 0 Å². The predicted molar refractivity (Wildman–Crippen MR) is 76.4 cm³/mol. The Hall–Kier alpha value is -0.730. The molecule has 22 heavy (non-hydrogen) atoms. The molecule has 0 bridgehead atoms. The Kier molecular flexibility index (Phi) is 6.76. The summed E-state index contributed by atoms with van der Waals surface area (Å²) < 4.78 is 75.2. The average molecular weight is 361 g/mol. The molecule has 0 heterocycles. The zero-order valence-corrected chi connectivity index (χ0v) is 13.7. The van der Waals surface area contributed by atoms with Crippen molar-refractivity contribution in [3.63, 3.8) is 0 Å². The second-order valence-electron chi connectivity index (χ2n) is 4.06. The van der Waals surface area contributed by atoms with Gasteiger partial charge in [0.25, 0.3) is 0 Å². The van der Waals surface area contributed by atoms with Crippen molar-refractivity contribution in [2.45, 2.75) is 25.5 Å². The summed E-state index contributed by atoms with van der Waals surface area (Å²) in [6, 6.07) is 8.30. The van der Waals surface area contributed by atoms with Crippen LogP contribution in [0.4, 0.5) is 13.2 Å². The minimum absolute atomic E-state index is 0.0476. The standard InChI is InChI=1S/C12H17F3O5PS/c1-3-18-21(19-4-2,10-11-8-6-5-7-9-11)20-22(16,17)12(13,14)15/h5-9H,3-4,10H2,1-2H3/q+1. The Labute approximate surface area is 128 Å². The lowest BCUT2D eigenvalue weighted by molar-refractivity contribution is -0.0511. The number of benzene rings is 1. The number of alkyl halides is 3. The molecular formula is C12H17F3O5PS+. The highest BCUT2D eigenvalue weighted by Gasteiger charge is 2.59. The summed E-state index contributed by atoms with van der Waals surface area (Å²) >= 11 is 0. The van der Waals surface area contributed by atoms with Gasteiger partial charge < -0.3 is 0 Å². The van der Waals surface area contributed by atoms with Gasteiger partial charge in [-0.05, 0) is 23.4 Å². The molecule has 5 nitrogen and oxygen atoms in total. The number of rotatable bonds is 8. The molecule has 1 aromatic rings. The molecule has 126 valence electrons. The van der Waals surface area contributed by atoms with Gasteiger partial charge >= 0.3 is 23.6 Å². The zero-order valence-electron chi connectivity index (χ0n) is 12.0. The van der Waals surface area contributed by atoms with Crippen LogP contribution in [-0.4, -0.2) is 27.1 Å². The molecule has 0 N–H and O–H groups in total. The third-order valence-corrected chi connectivity index (χ3v) is 6.68. The van der Waals surface area contributed by atoms with Crippen LogP contribution in [0.3, 0.4) is 0 Å². The van der Waals surface area contributed by atoms with Crippen LogP contribution >= 0.6 is 7.94 Å². The maximum Gasteiger partial charge on any atom is 0.526 e. The van der Waals surface area contributed by atoms with Crippen LogP contribution in [0.1, 0.15) is 19.4 Å². The van der Waals surface area contributed by atoms with E-state index in [4.69, 9.17) is 9.05 Å². The fourth-order valence-electron chi connectivity index (χ4n) is 1.59. The number of halogens is 3. The molecule has 0 spiro atoms. The van der Waals surface area contributed by atoms with Crippen molar-refractivity contribution >= 4 is 18.1 Å². The van der Waals surface area contributed by atoms with Gasteiger partial charge in [-0.3, -0.25) is 0 Å². The average Bonchev–Trinajstić information content (AvgIpc) is 2.38. The first-order valence-electron chi connectivity index (χ1n) is 6.39. The van der Waals surface area contributed by atoms with Crippen molar-refractivity contribution in [3.8, 4) is 0 Å². The lowest BCUT2D eigenvalue weighted by atomic mass is 10.2. The van der Waals surface area contributed by atoms with Gasteiger partial charge in [-0.2, -0.15) is 30.6 Å². The second-order valence-corrected chi connectivity index (χ2v) is 8.09. The molecule has 0 radical (unpaired) electrons. The molecule has 0 aliphatic heterocycles. The van der Waals surface area contributed by atoms with Gasteiger partial charge in [-0.15, -0.1) is 0 Å². The molecule has 0 saturated carbocycles. The van der Waals surface area contributed by atoms with E-state index in [-0.39, 0.29) is 19.4 Å². The van der Waals surface area contributed by atoms with Crippen LogP contribution in [0.25, 0.3) is 0 Å². The normalized spacial score (nSPS) is 13.3. The Balaban J connectivity index is 3.15. The van der Waals surface area contributed by atoms with E-state index in [1.807, 2.05) is 0 Å². The van der Waals surface area contributed by atoms with Gasteiger partial charge in [0.05, 0.1) is 13.2 Å². The van der Waals surface area contributed by atoms with Gasteiger partial charge in [0.15, 0.2) is 6.16 Å². The number of hydrogen-bond acceptors (Lipinski definition) is 5. The van der Waals surface area contributed by atoms with Gasteiger partial charge in [-0.1, -0.05) is 30.3 Å². The summed E-state index contributed by atoms with van der Waals surface area (Å²) in [6.45, 7) is 2.94. The quantitative estimate of drug-likeness (QED) is 0.519. The van der Waals surface area contributed by atoms with Crippen molar-refractivity contribution in [2.75, 3.05) is 13.2 Å². The third-order valence-electron chi connectivity index (χ3n) is 2.37. The van der Waals surface area contributed by atoms with E-state index in [0.29, 0.717) is 5.56 Å². The molecule has 0 amide bonds. The summed E-state index contributed by atoms with van der Waals surface area (Å²) in [4.78, 5) is 0. The van der Waals surface area contributed by atoms with E-state index in [2.05, 4.69) is 3.97 Å². The molecule has 0 unspecified atom stereocenters. The molecule has 0 fully saturated rings. The minimum atomic E-state index is -5.82. The predicted octanol–water partition coefficient (Wildman–Crippen LogP) is 3.89. The van der Waals surface area contributed by atoms with Crippen LogP contribution in [0, 0.1) is 0 Å². The third kappa shape index (κ3) is 5.17. The molecule has 0 aliphatic carbocycles. The molecule has 1 aromatic carbocycles. The molecule has 0 atom stereocenters. The Morgan fingerprint density at radius 2 is 1.55 bits per heavy atom. The smallest absolute Gasteiger partial charge is 0.186 e. The maximum absolute atomic E-state index is 12.6. The highest BCUT2D eigenvalue weighted by atomic mass is 32.2. The Morgan fingerprint density at radius 3 is 1.95 bits per heavy atom. The highest BCUT2D eigenvalue weighted by molar-refractivity contribution is 7.92. The second kappa shape index (κ2) is 7.70. The van der Waals surface area contributed by atoms with Gasteiger partial charge in [0.1, 0.15) is 0 Å². The first-order valence-corrected chi connectivity index (χ1v) is 9.53. The van der Waals surface area contributed by atoms with E-state index >= 15 is 0 Å². The number of hydrogen-bond donors (Lipinski definition) is 0. The molecule has 0 aromatic heterocycles. The highest BCUT2D eigenvalue weighted by Crippen LogP contribution is 2.66. The summed E-state index contributed by atoms with van der Waals surface area (Å²) in [7, 11) is -9.56. The van der Waals surface area contributed by atoms with Crippen molar-refractivity contribution in [3.05, 3.63) is 35.9 Å². The van der Waals surface area contributed by atoms with E-state index in [0.717, 1.165) is 0 Å². The lowest BCUT2D eigenvalue weighted by Crippen LogP contribution is -2.27. The van der Waals surface area contributed by atoms with Gasteiger partial charge in [0.2, 0.25) is 0 Å². The fraction of sp³-hybridized carbons (Fsp3) is 0.500. The van der Waals surface area contributed by atoms with E-state index < -0.39 is 23.6 Å². The molecule has 0 aliphatic rings. The fourth-order valence-corrected chi connectivity index (χ4v) is 5.38. The molecular weight excluding hydrogens is 344 g/mol. The van der Waals surface area contributed by atoms with Crippen molar-refractivity contribution in [1.82, 2.24) is 0 Å². The van der Waals surface area contributed by atoms with Crippen LogP contribution in [0.15, 0.2) is 30.3 Å². The van der Waals surface area contributed by atoms with E-state index in [1.54, 1.807) is 30.3 Å². The van der Waals surface area contributed by atoms with Crippen LogP contribution in [0.5, 0.6) is 0 Å². The first kappa shape index (κ1) is 19.3. The molecule has 1 rings (SSSR count). The summed E-state index contributed by atoms with van der Waals surface area (Å²) in [5.74, 6) is 0. The van der Waals surface area contributed by atoms with E-state index in [1.165, 1.54) is 13.8 Å².